The zero-order valence-corrected chi connectivity index (χ0v) is 14.3. The van der Waals surface area contributed by atoms with Gasteiger partial charge in [0.15, 0.2) is 0 Å². The van der Waals surface area contributed by atoms with Crippen LogP contribution in [-0.2, 0) is 9.59 Å². The van der Waals surface area contributed by atoms with Crippen LogP contribution in [0.1, 0.15) is 18.9 Å². The molecule has 0 fully saturated rings. The van der Waals surface area contributed by atoms with E-state index in [4.69, 9.17) is 5.11 Å². The molecule has 0 heterocycles. The summed E-state index contributed by atoms with van der Waals surface area (Å²) in [7, 11) is 0. The number of benzene rings is 1. The zero-order chi connectivity index (χ0) is 16.0. The van der Waals surface area contributed by atoms with Crippen molar-refractivity contribution in [3.8, 4) is 0 Å². The number of thioether (sulfide) groups is 1. The van der Waals surface area contributed by atoms with Crippen LogP contribution >= 0.6 is 27.7 Å². The van der Waals surface area contributed by atoms with Crippen molar-refractivity contribution in [2.24, 2.45) is 0 Å². The number of hydrogen-bond donors (Lipinski definition) is 3. The first-order valence-corrected chi connectivity index (χ1v) is 8.07. The lowest BCUT2D eigenvalue weighted by Gasteiger charge is -2.21. The number of carbonyl (C=O) groups is 2. The van der Waals surface area contributed by atoms with Gasteiger partial charge in [0.25, 0.3) is 0 Å². The van der Waals surface area contributed by atoms with Crippen LogP contribution in [0, 0.1) is 6.92 Å². The van der Waals surface area contributed by atoms with E-state index >= 15 is 0 Å². The molecule has 0 radical (unpaired) electrons. The minimum absolute atomic E-state index is 0.0853. The second-order valence-electron chi connectivity index (χ2n) is 5.04. The number of carboxylic acid groups (broad SMARTS) is 1. The fraction of sp³-hybridized carbons (Fsp3) is 0.429. The van der Waals surface area contributed by atoms with Gasteiger partial charge in [-0.1, -0.05) is 15.9 Å². The smallest absolute Gasteiger partial charge is 0.306 e. The molecule has 0 saturated heterocycles. The number of aryl methyl sites for hydroxylation is 1. The molecule has 0 bridgehead atoms. The molecule has 116 valence electrons. The SMILES string of the molecule is Cc1cc(Br)ccc1SCC(=O)NCC(C)(O)CC(=O)O. The third-order valence-electron chi connectivity index (χ3n) is 2.69. The molecule has 0 aromatic heterocycles. The van der Waals surface area contributed by atoms with Crippen LogP contribution in [0.5, 0.6) is 0 Å². The maximum atomic E-state index is 11.7. The number of carboxylic acids is 1. The van der Waals surface area contributed by atoms with Gasteiger partial charge in [0.05, 0.1) is 17.8 Å². The van der Waals surface area contributed by atoms with Gasteiger partial charge in [-0.3, -0.25) is 9.59 Å². The van der Waals surface area contributed by atoms with Crippen molar-refractivity contribution in [2.75, 3.05) is 12.3 Å². The predicted molar refractivity (Wildman–Crippen MR) is 85.5 cm³/mol. The molecular weight excluding hydrogens is 358 g/mol. The van der Waals surface area contributed by atoms with E-state index in [2.05, 4.69) is 21.2 Å². The average molecular weight is 376 g/mol. The first-order valence-electron chi connectivity index (χ1n) is 6.29. The number of carbonyl (C=O) groups excluding carboxylic acids is 1. The lowest BCUT2D eigenvalue weighted by atomic mass is 10.0. The van der Waals surface area contributed by atoms with Gasteiger partial charge in [0.2, 0.25) is 5.91 Å². The molecule has 1 unspecified atom stereocenters. The molecule has 7 heteroatoms. The molecule has 0 aliphatic rings. The second kappa shape index (κ2) is 7.82. The van der Waals surface area contributed by atoms with Gasteiger partial charge in [-0.05, 0) is 37.6 Å². The highest BCUT2D eigenvalue weighted by molar-refractivity contribution is 9.10. The van der Waals surface area contributed by atoms with E-state index in [1.165, 1.54) is 18.7 Å². The van der Waals surface area contributed by atoms with Crippen molar-refractivity contribution in [1.29, 1.82) is 0 Å². The molecule has 0 spiro atoms. The topological polar surface area (TPSA) is 86.6 Å². The molecule has 0 aliphatic carbocycles. The number of hydrogen-bond acceptors (Lipinski definition) is 4. The van der Waals surface area contributed by atoms with Gasteiger partial charge in [0, 0.05) is 15.9 Å². The van der Waals surface area contributed by atoms with Crippen LogP contribution in [0.2, 0.25) is 0 Å². The van der Waals surface area contributed by atoms with Crippen LogP contribution < -0.4 is 5.32 Å². The van der Waals surface area contributed by atoms with Crippen LogP contribution in [0.15, 0.2) is 27.6 Å². The van der Waals surface area contributed by atoms with Crippen molar-refractivity contribution in [3.05, 3.63) is 28.2 Å². The van der Waals surface area contributed by atoms with Gasteiger partial charge in [-0.2, -0.15) is 0 Å². The summed E-state index contributed by atoms with van der Waals surface area (Å²) in [5, 5.41) is 21.0. The van der Waals surface area contributed by atoms with E-state index in [0.29, 0.717) is 0 Å². The first kappa shape index (κ1) is 18.0. The van der Waals surface area contributed by atoms with Crippen LogP contribution in [0.4, 0.5) is 0 Å². The zero-order valence-electron chi connectivity index (χ0n) is 11.9. The lowest BCUT2D eigenvalue weighted by Crippen LogP contribution is -2.42. The summed E-state index contributed by atoms with van der Waals surface area (Å²) in [4.78, 5) is 23.3. The van der Waals surface area contributed by atoms with Crippen molar-refractivity contribution in [2.45, 2.75) is 30.8 Å². The van der Waals surface area contributed by atoms with E-state index in [9.17, 15) is 14.7 Å². The first-order chi connectivity index (χ1) is 9.69. The summed E-state index contributed by atoms with van der Waals surface area (Å²) in [5.74, 6) is -1.13. The Hall–Kier alpha value is -1.05. The largest absolute Gasteiger partial charge is 0.481 e. The number of amides is 1. The minimum atomic E-state index is -1.44. The Bertz CT molecular complexity index is 534. The Balaban J connectivity index is 2.42. The maximum Gasteiger partial charge on any atom is 0.306 e. The summed E-state index contributed by atoms with van der Waals surface area (Å²) in [6.45, 7) is 3.26. The number of rotatable bonds is 7. The fourth-order valence-electron chi connectivity index (χ4n) is 1.65. The maximum absolute atomic E-state index is 11.7. The van der Waals surface area contributed by atoms with Gasteiger partial charge >= 0.3 is 5.97 Å². The molecule has 0 saturated carbocycles. The molecule has 1 aromatic rings. The van der Waals surface area contributed by atoms with Gasteiger partial charge in [0.1, 0.15) is 0 Å². The molecule has 1 rings (SSSR count). The van der Waals surface area contributed by atoms with Gasteiger partial charge < -0.3 is 15.5 Å². The molecule has 1 amide bonds. The van der Waals surface area contributed by atoms with Gasteiger partial charge in [-0.25, -0.2) is 0 Å². The minimum Gasteiger partial charge on any atom is -0.481 e. The van der Waals surface area contributed by atoms with Crippen molar-refractivity contribution >= 4 is 39.6 Å². The summed E-state index contributed by atoms with van der Waals surface area (Å²) in [6.07, 6.45) is -0.410. The van der Waals surface area contributed by atoms with E-state index in [1.54, 1.807) is 0 Å². The molecule has 21 heavy (non-hydrogen) atoms. The van der Waals surface area contributed by atoms with Crippen molar-refractivity contribution < 1.29 is 19.8 Å². The molecule has 1 atom stereocenters. The summed E-state index contributed by atoms with van der Waals surface area (Å²) < 4.78 is 0.985. The molecule has 3 N–H and O–H groups in total. The number of nitrogens with one attached hydrogen (secondary N) is 1. The normalized spacial score (nSPS) is 13.5. The van der Waals surface area contributed by atoms with E-state index < -0.39 is 18.0 Å². The van der Waals surface area contributed by atoms with Crippen LogP contribution in [0.25, 0.3) is 0 Å². The van der Waals surface area contributed by atoms with Gasteiger partial charge in [-0.15, -0.1) is 11.8 Å². The van der Waals surface area contributed by atoms with E-state index in [1.807, 2.05) is 25.1 Å². The monoisotopic (exact) mass is 375 g/mol. The van der Waals surface area contributed by atoms with Crippen LogP contribution in [0.3, 0.4) is 0 Å². The number of halogens is 1. The molecule has 0 aliphatic heterocycles. The highest BCUT2D eigenvalue weighted by atomic mass is 79.9. The Kier molecular flexibility index (Phi) is 6.70. The summed E-state index contributed by atoms with van der Waals surface area (Å²) in [6, 6.07) is 5.81. The molecular formula is C14H18BrNO4S. The highest BCUT2D eigenvalue weighted by Gasteiger charge is 2.24. The standard InChI is InChI=1S/C14H18BrNO4S/c1-9-5-10(15)3-4-11(9)21-7-12(17)16-8-14(2,20)6-13(18)19/h3-5,20H,6-8H2,1-2H3,(H,16,17)(H,18,19). The van der Waals surface area contributed by atoms with Crippen molar-refractivity contribution in [1.82, 2.24) is 5.32 Å². The quantitative estimate of drug-likeness (QED) is 0.635. The average Bonchev–Trinajstić information content (AvgIpc) is 2.34. The Morgan fingerprint density at radius 3 is 2.67 bits per heavy atom. The van der Waals surface area contributed by atoms with E-state index in [-0.39, 0.29) is 18.2 Å². The van der Waals surface area contributed by atoms with E-state index in [0.717, 1.165) is 14.9 Å². The number of aliphatic carboxylic acids is 1. The fourth-order valence-corrected chi connectivity index (χ4v) is 2.96. The molecule has 1 aromatic carbocycles. The third-order valence-corrected chi connectivity index (χ3v) is 4.36. The third kappa shape index (κ3) is 6.97. The Morgan fingerprint density at radius 2 is 2.10 bits per heavy atom. The second-order valence-corrected chi connectivity index (χ2v) is 6.98. The highest BCUT2D eigenvalue weighted by Crippen LogP contribution is 2.25. The predicted octanol–water partition coefficient (Wildman–Crippen LogP) is 2.19. The Labute approximate surface area is 136 Å². The molecule has 5 nitrogen and oxygen atoms in total. The number of aliphatic hydroxyl groups is 1. The summed E-state index contributed by atoms with van der Waals surface area (Å²) >= 11 is 4.78. The summed E-state index contributed by atoms with van der Waals surface area (Å²) in [5.41, 5.74) is -0.375. The Morgan fingerprint density at radius 1 is 1.43 bits per heavy atom. The lowest BCUT2D eigenvalue weighted by molar-refractivity contribution is -0.142. The van der Waals surface area contributed by atoms with Crippen LogP contribution in [-0.4, -0.2) is 40.0 Å². The van der Waals surface area contributed by atoms with Crippen molar-refractivity contribution in [3.63, 3.8) is 0 Å².